The van der Waals surface area contributed by atoms with Crippen molar-refractivity contribution in [3.63, 3.8) is 0 Å². The average molecular weight is 272 g/mol. The Bertz CT molecular complexity index is 402. The number of hydrogen-bond acceptors (Lipinski definition) is 5. The zero-order valence-electron chi connectivity index (χ0n) is 10.4. The lowest BCUT2D eigenvalue weighted by molar-refractivity contribution is -0.0573. The van der Waals surface area contributed by atoms with Gasteiger partial charge >= 0.3 is 0 Å². The summed E-state index contributed by atoms with van der Waals surface area (Å²) in [5.74, 6) is 0.667. The number of aromatic nitrogens is 1. The van der Waals surface area contributed by atoms with E-state index in [9.17, 15) is 5.11 Å². The number of likely N-dealkylation sites (N-methyl/N-ethyl adjacent to an activating group) is 1. The second kappa shape index (κ2) is 5.30. The Hall–Kier alpha value is -1.04. The van der Waals surface area contributed by atoms with E-state index in [0.717, 1.165) is 0 Å². The molecule has 0 amide bonds. The number of anilines is 2. The molecule has 0 spiro atoms. The normalized spacial score (nSPS) is 18.6. The highest BCUT2D eigenvalue weighted by atomic mass is 35.5. The van der Waals surface area contributed by atoms with E-state index in [1.54, 1.807) is 12.1 Å². The minimum absolute atomic E-state index is 0.357. The van der Waals surface area contributed by atoms with E-state index < -0.39 is 5.60 Å². The molecule has 0 aromatic carbocycles. The molecule has 2 heterocycles. The molecule has 100 valence electrons. The summed E-state index contributed by atoms with van der Waals surface area (Å²) in [6, 6.07) is 3.34. The molecule has 1 aromatic heterocycles. The molecule has 1 aliphatic heterocycles. The number of rotatable bonds is 3. The maximum absolute atomic E-state index is 10.4. The van der Waals surface area contributed by atoms with Crippen LogP contribution < -0.4 is 10.6 Å². The van der Waals surface area contributed by atoms with Crippen molar-refractivity contribution >= 4 is 23.1 Å². The molecule has 1 aliphatic rings. The lowest BCUT2D eigenvalue weighted by Gasteiger charge is -2.35. The third-order valence-corrected chi connectivity index (χ3v) is 3.34. The zero-order valence-corrected chi connectivity index (χ0v) is 11.2. The monoisotopic (exact) mass is 271 g/mol. The minimum Gasteiger partial charge on any atom is -0.399 e. The van der Waals surface area contributed by atoms with Crippen LogP contribution in [0.4, 0.5) is 11.5 Å². The summed E-state index contributed by atoms with van der Waals surface area (Å²) in [5, 5.41) is 10.8. The highest BCUT2D eigenvalue weighted by molar-refractivity contribution is 6.29. The van der Waals surface area contributed by atoms with Crippen molar-refractivity contribution in [2.24, 2.45) is 0 Å². The topological polar surface area (TPSA) is 71.6 Å². The van der Waals surface area contributed by atoms with E-state index in [0.29, 0.717) is 49.3 Å². The Balaban J connectivity index is 2.08. The molecule has 1 saturated heterocycles. The highest BCUT2D eigenvalue weighted by Crippen LogP contribution is 2.25. The molecule has 0 aliphatic carbocycles. The number of ether oxygens (including phenoxy) is 1. The van der Waals surface area contributed by atoms with Crippen LogP contribution in [-0.2, 0) is 4.74 Å². The molecule has 3 N–H and O–H groups in total. The van der Waals surface area contributed by atoms with Gasteiger partial charge in [-0.15, -0.1) is 0 Å². The van der Waals surface area contributed by atoms with E-state index in [1.807, 2.05) is 11.9 Å². The smallest absolute Gasteiger partial charge is 0.133 e. The van der Waals surface area contributed by atoms with Crippen molar-refractivity contribution in [3.05, 3.63) is 17.3 Å². The number of pyridine rings is 1. The summed E-state index contributed by atoms with van der Waals surface area (Å²) in [4.78, 5) is 6.07. The number of hydrogen-bond donors (Lipinski definition) is 2. The quantitative estimate of drug-likeness (QED) is 0.811. The lowest BCUT2D eigenvalue weighted by Crippen LogP contribution is -2.46. The maximum Gasteiger partial charge on any atom is 0.133 e. The second-order valence-corrected chi connectivity index (χ2v) is 5.16. The molecule has 1 fully saturated rings. The van der Waals surface area contributed by atoms with Gasteiger partial charge in [0.2, 0.25) is 0 Å². The van der Waals surface area contributed by atoms with Crippen molar-refractivity contribution in [1.82, 2.24) is 4.98 Å². The first-order chi connectivity index (χ1) is 8.48. The SMILES string of the molecule is CN(CC1(O)CCOCC1)c1cc(N)cc(Cl)n1. The van der Waals surface area contributed by atoms with E-state index >= 15 is 0 Å². The van der Waals surface area contributed by atoms with E-state index in [2.05, 4.69) is 4.98 Å². The van der Waals surface area contributed by atoms with Crippen molar-refractivity contribution < 1.29 is 9.84 Å². The summed E-state index contributed by atoms with van der Waals surface area (Å²) >= 11 is 5.87. The molecule has 0 unspecified atom stereocenters. The van der Waals surface area contributed by atoms with Gasteiger partial charge in [-0.2, -0.15) is 0 Å². The fourth-order valence-corrected chi connectivity index (χ4v) is 2.34. The molecule has 6 heteroatoms. The van der Waals surface area contributed by atoms with Gasteiger partial charge in [-0.25, -0.2) is 4.98 Å². The van der Waals surface area contributed by atoms with Crippen molar-refractivity contribution in [2.75, 3.05) is 37.4 Å². The number of nitrogen functional groups attached to an aromatic ring is 1. The van der Waals surface area contributed by atoms with Gasteiger partial charge in [-0.3, -0.25) is 0 Å². The van der Waals surface area contributed by atoms with Crippen molar-refractivity contribution in [3.8, 4) is 0 Å². The Kier molecular flexibility index (Phi) is 3.94. The van der Waals surface area contributed by atoms with Crippen LogP contribution >= 0.6 is 11.6 Å². The summed E-state index contributed by atoms with van der Waals surface area (Å²) < 4.78 is 5.26. The Morgan fingerprint density at radius 2 is 2.17 bits per heavy atom. The van der Waals surface area contributed by atoms with Gasteiger partial charge in [0.25, 0.3) is 0 Å². The highest BCUT2D eigenvalue weighted by Gasteiger charge is 2.31. The van der Waals surface area contributed by atoms with Crippen LogP contribution in [0.2, 0.25) is 5.15 Å². The fourth-order valence-electron chi connectivity index (χ4n) is 2.13. The first-order valence-electron chi connectivity index (χ1n) is 5.93. The predicted octanol–water partition coefficient (Wildman–Crippen LogP) is 1.29. The molecule has 1 aromatic rings. The summed E-state index contributed by atoms with van der Waals surface area (Å²) in [6.07, 6.45) is 1.26. The van der Waals surface area contributed by atoms with E-state index in [1.165, 1.54) is 0 Å². The summed E-state index contributed by atoms with van der Waals surface area (Å²) in [5.41, 5.74) is 5.56. The standard InChI is InChI=1S/C12H18ClN3O2/c1-16(8-12(17)2-4-18-5-3-12)11-7-9(14)6-10(13)15-11/h6-7,17H,2-5,8H2,1H3,(H2,14,15). The second-order valence-electron chi connectivity index (χ2n) is 4.77. The van der Waals surface area contributed by atoms with E-state index in [-0.39, 0.29) is 0 Å². The van der Waals surface area contributed by atoms with Crippen LogP contribution in [0.25, 0.3) is 0 Å². The van der Waals surface area contributed by atoms with Crippen LogP contribution in [0, 0.1) is 0 Å². The molecule has 0 atom stereocenters. The van der Waals surface area contributed by atoms with Crippen LogP contribution in [0.1, 0.15) is 12.8 Å². The number of aliphatic hydroxyl groups is 1. The van der Waals surface area contributed by atoms with E-state index in [4.69, 9.17) is 22.1 Å². The summed E-state index contributed by atoms with van der Waals surface area (Å²) in [6.45, 7) is 1.67. The first-order valence-corrected chi connectivity index (χ1v) is 6.31. The van der Waals surface area contributed by atoms with Crippen LogP contribution in [0.15, 0.2) is 12.1 Å². The van der Waals surface area contributed by atoms with Gasteiger partial charge in [-0.1, -0.05) is 11.6 Å². The lowest BCUT2D eigenvalue weighted by atomic mass is 9.94. The Morgan fingerprint density at radius 3 is 2.78 bits per heavy atom. The van der Waals surface area contributed by atoms with Gasteiger partial charge in [-0.05, 0) is 6.07 Å². The molecule has 2 rings (SSSR count). The first kappa shape index (κ1) is 13.4. The average Bonchev–Trinajstić information content (AvgIpc) is 2.28. The van der Waals surface area contributed by atoms with Crippen LogP contribution in [0.5, 0.6) is 0 Å². The van der Waals surface area contributed by atoms with Crippen LogP contribution in [-0.4, -0.2) is 42.5 Å². The number of nitrogens with two attached hydrogens (primary N) is 1. The third kappa shape index (κ3) is 3.25. The van der Waals surface area contributed by atoms with Gasteiger partial charge in [0.15, 0.2) is 0 Å². The van der Waals surface area contributed by atoms with Crippen molar-refractivity contribution in [2.45, 2.75) is 18.4 Å². The minimum atomic E-state index is -0.730. The Morgan fingerprint density at radius 1 is 1.50 bits per heavy atom. The maximum atomic E-state index is 10.4. The zero-order chi connectivity index (χ0) is 13.2. The van der Waals surface area contributed by atoms with Crippen molar-refractivity contribution in [1.29, 1.82) is 0 Å². The van der Waals surface area contributed by atoms with Gasteiger partial charge in [0.05, 0.1) is 5.60 Å². The fraction of sp³-hybridized carbons (Fsp3) is 0.583. The summed E-state index contributed by atoms with van der Waals surface area (Å²) in [7, 11) is 1.87. The van der Waals surface area contributed by atoms with Gasteiger partial charge in [0, 0.05) is 51.4 Å². The molecular formula is C12H18ClN3O2. The van der Waals surface area contributed by atoms with Gasteiger partial charge in [0.1, 0.15) is 11.0 Å². The molecule has 0 radical (unpaired) electrons. The molecular weight excluding hydrogens is 254 g/mol. The molecule has 0 bridgehead atoms. The number of nitrogens with zero attached hydrogens (tertiary/aromatic N) is 2. The van der Waals surface area contributed by atoms with Crippen LogP contribution in [0.3, 0.4) is 0 Å². The number of halogens is 1. The largest absolute Gasteiger partial charge is 0.399 e. The molecule has 5 nitrogen and oxygen atoms in total. The van der Waals surface area contributed by atoms with Gasteiger partial charge < -0.3 is 20.5 Å². The molecule has 0 saturated carbocycles. The Labute approximate surface area is 112 Å². The predicted molar refractivity (Wildman–Crippen MR) is 71.9 cm³/mol. The third-order valence-electron chi connectivity index (χ3n) is 3.15. The molecule has 18 heavy (non-hydrogen) atoms.